The SMILES string of the molecule is CC1C=CC2=C[C@H](C)CCC2C1CCC(O)CCCC(=O)N[C@@H](C)C(=O)O. The van der Waals surface area contributed by atoms with Crippen molar-refractivity contribution in [1.82, 2.24) is 5.32 Å². The molecule has 0 heterocycles. The highest BCUT2D eigenvalue weighted by atomic mass is 16.4. The van der Waals surface area contributed by atoms with Crippen molar-refractivity contribution in [3.63, 3.8) is 0 Å². The largest absolute Gasteiger partial charge is 0.480 e. The Morgan fingerprint density at radius 2 is 2.00 bits per heavy atom. The first-order valence-electron chi connectivity index (χ1n) is 10.4. The molecule has 1 amide bonds. The Kier molecular flexibility index (Phi) is 8.08. The summed E-state index contributed by atoms with van der Waals surface area (Å²) >= 11 is 0. The lowest BCUT2D eigenvalue weighted by Gasteiger charge is -2.38. The van der Waals surface area contributed by atoms with E-state index in [4.69, 9.17) is 5.11 Å². The highest BCUT2D eigenvalue weighted by Gasteiger charge is 2.33. The molecule has 27 heavy (non-hydrogen) atoms. The van der Waals surface area contributed by atoms with Crippen molar-refractivity contribution in [3.05, 3.63) is 23.8 Å². The fourth-order valence-electron chi connectivity index (χ4n) is 4.42. The normalized spacial score (nSPS) is 29.4. The second kappa shape index (κ2) is 10.1. The number of carbonyl (C=O) groups excluding carboxylic acids is 1. The van der Waals surface area contributed by atoms with Crippen LogP contribution in [0.15, 0.2) is 23.8 Å². The van der Waals surface area contributed by atoms with E-state index in [-0.39, 0.29) is 12.3 Å². The second-order valence-electron chi connectivity index (χ2n) is 8.46. The molecule has 4 unspecified atom stereocenters. The van der Waals surface area contributed by atoms with Gasteiger partial charge in [0.2, 0.25) is 5.91 Å². The van der Waals surface area contributed by atoms with Crippen LogP contribution in [0.25, 0.3) is 0 Å². The van der Waals surface area contributed by atoms with Gasteiger partial charge in [-0.2, -0.15) is 0 Å². The molecule has 5 nitrogen and oxygen atoms in total. The molecular formula is C22H35NO4. The van der Waals surface area contributed by atoms with Crippen molar-refractivity contribution in [2.75, 3.05) is 0 Å². The molecule has 0 fully saturated rings. The number of amides is 1. The fraction of sp³-hybridized carbons (Fsp3) is 0.727. The number of hydrogen-bond donors (Lipinski definition) is 3. The zero-order valence-corrected chi connectivity index (χ0v) is 16.9. The molecule has 0 aliphatic heterocycles. The minimum atomic E-state index is -1.04. The van der Waals surface area contributed by atoms with Crippen LogP contribution in [0.1, 0.15) is 65.7 Å². The molecule has 0 aromatic rings. The summed E-state index contributed by atoms with van der Waals surface area (Å²) in [5.74, 6) is 1.10. The van der Waals surface area contributed by atoms with Gasteiger partial charge in [-0.3, -0.25) is 9.59 Å². The summed E-state index contributed by atoms with van der Waals surface area (Å²) in [5.41, 5.74) is 1.48. The van der Waals surface area contributed by atoms with E-state index in [0.29, 0.717) is 36.5 Å². The summed E-state index contributed by atoms with van der Waals surface area (Å²) < 4.78 is 0. The quantitative estimate of drug-likeness (QED) is 0.572. The molecule has 0 radical (unpaired) electrons. The van der Waals surface area contributed by atoms with Crippen LogP contribution in [0.5, 0.6) is 0 Å². The Labute approximate surface area is 162 Å². The number of aliphatic hydroxyl groups excluding tert-OH is 1. The van der Waals surface area contributed by atoms with Crippen LogP contribution >= 0.6 is 0 Å². The van der Waals surface area contributed by atoms with Crippen molar-refractivity contribution in [2.24, 2.45) is 23.7 Å². The maximum Gasteiger partial charge on any atom is 0.325 e. The van der Waals surface area contributed by atoms with Crippen LogP contribution in [-0.4, -0.2) is 34.2 Å². The zero-order valence-electron chi connectivity index (χ0n) is 16.9. The molecule has 3 N–H and O–H groups in total. The van der Waals surface area contributed by atoms with E-state index in [9.17, 15) is 14.7 Å². The second-order valence-corrected chi connectivity index (χ2v) is 8.46. The Bertz CT molecular complexity index is 583. The summed E-state index contributed by atoms with van der Waals surface area (Å²) in [7, 11) is 0. The van der Waals surface area contributed by atoms with Crippen molar-refractivity contribution in [1.29, 1.82) is 0 Å². The van der Waals surface area contributed by atoms with Crippen LogP contribution in [-0.2, 0) is 9.59 Å². The first kappa shape index (κ1) is 21.7. The number of carbonyl (C=O) groups is 2. The Balaban J connectivity index is 1.73. The van der Waals surface area contributed by atoms with Crippen molar-refractivity contribution in [2.45, 2.75) is 77.9 Å². The van der Waals surface area contributed by atoms with E-state index >= 15 is 0 Å². The third kappa shape index (κ3) is 6.49. The first-order valence-corrected chi connectivity index (χ1v) is 10.4. The highest BCUT2D eigenvalue weighted by Crippen LogP contribution is 2.43. The minimum Gasteiger partial charge on any atom is -0.480 e. The van der Waals surface area contributed by atoms with Gasteiger partial charge in [0.15, 0.2) is 0 Å². The molecule has 2 rings (SSSR count). The molecule has 0 saturated carbocycles. The number of hydrogen-bond acceptors (Lipinski definition) is 3. The molecule has 0 saturated heterocycles. The van der Waals surface area contributed by atoms with Crippen molar-refractivity contribution >= 4 is 11.9 Å². The van der Waals surface area contributed by atoms with Gasteiger partial charge >= 0.3 is 5.97 Å². The standard InChI is InChI=1S/C22H35NO4/c1-14-7-11-20-17(13-14)9-8-15(2)19(20)12-10-18(24)5-4-6-21(25)23-16(3)22(26)27/h8-9,13-16,18-20,24H,4-7,10-12H2,1-3H3,(H,23,25)(H,26,27)/t14-,15?,16+,18?,19?,20?/m1/s1. The summed E-state index contributed by atoms with van der Waals surface area (Å²) in [6, 6.07) is -0.872. The summed E-state index contributed by atoms with van der Waals surface area (Å²) in [6.45, 7) is 6.00. The van der Waals surface area contributed by atoms with E-state index in [2.05, 4.69) is 37.4 Å². The Morgan fingerprint density at radius 3 is 2.70 bits per heavy atom. The van der Waals surface area contributed by atoms with Crippen molar-refractivity contribution < 1.29 is 19.8 Å². The van der Waals surface area contributed by atoms with E-state index in [1.54, 1.807) is 0 Å². The summed E-state index contributed by atoms with van der Waals surface area (Å²) in [5, 5.41) is 21.6. The average Bonchev–Trinajstić information content (AvgIpc) is 2.60. The van der Waals surface area contributed by atoms with E-state index in [1.807, 2.05) is 0 Å². The third-order valence-corrected chi connectivity index (χ3v) is 6.14. The summed E-state index contributed by atoms with van der Waals surface area (Å²) in [4.78, 5) is 22.4. The maximum absolute atomic E-state index is 11.7. The molecule has 2 aliphatic rings. The van der Waals surface area contributed by atoms with Gasteiger partial charge < -0.3 is 15.5 Å². The number of rotatable bonds is 9. The van der Waals surface area contributed by atoms with Crippen LogP contribution in [0.3, 0.4) is 0 Å². The molecule has 0 aromatic carbocycles. The maximum atomic E-state index is 11.7. The van der Waals surface area contributed by atoms with Gasteiger partial charge in [0.05, 0.1) is 6.10 Å². The molecule has 0 aromatic heterocycles. The lowest BCUT2D eigenvalue weighted by Crippen LogP contribution is -2.38. The predicted octanol–water partition coefficient (Wildman–Crippen LogP) is 3.68. The van der Waals surface area contributed by atoms with Gasteiger partial charge in [-0.05, 0) is 74.7 Å². The van der Waals surface area contributed by atoms with E-state index < -0.39 is 18.1 Å². The first-order chi connectivity index (χ1) is 12.8. The third-order valence-electron chi connectivity index (χ3n) is 6.14. The monoisotopic (exact) mass is 377 g/mol. The molecule has 0 spiro atoms. The lowest BCUT2D eigenvalue weighted by molar-refractivity contribution is -0.141. The van der Waals surface area contributed by atoms with Gasteiger partial charge in [0.1, 0.15) is 6.04 Å². The van der Waals surface area contributed by atoms with Crippen LogP contribution in [0.2, 0.25) is 0 Å². The molecular weight excluding hydrogens is 342 g/mol. The van der Waals surface area contributed by atoms with Gasteiger partial charge in [-0.1, -0.05) is 32.1 Å². The smallest absolute Gasteiger partial charge is 0.325 e. The average molecular weight is 378 g/mol. The molecule has 6 atom stereocenters. The van der Waals surface area contributed by atoms with Gasteiger partial charge in [0.25, 0.3) is 0 Å². The van der Waals surface area contributed by atoms with Gasteiger partial charge in [-0.15, -0.1) is 0 Å². The molecule has 5 heteroatoms. The lowest BCUT2D eigenvalue weighted by atomic mass is 9.66. The number of aliphatic carboxylic acids is 1. The van der Waals surface area contributed by atoms with Crippen molar-refractivity contribution in [3.8, 4) is 0 Å². The zero-order chi connectivity index (χ0) is 20.0. The number of aliphatic hydroxyl groups is 1. The Morgan fingerprint density at radius 1 is 1.26 bits per heavy atom. The molecule has 152 valence electrons. The predicted molar refractivity (Wildman–Crippen MR) is 106 cm³/mol. The fourth-order valence-corrected chi connectivity index (χ4v) is 4.42. The minimum absolute atomic E-state index is 0.255. The highest BCUT2D eigenvalue weighted by molar-refractivity contribution is 5.83. The van der Waals surface area contributed by atoms with Crippen LogP contribution in [0.4, 0.5) is 0 Å². The van der Waals surface area contributed by atoms with E-state index in [0.717, 1.165) is 12.8 Å². The number of fused-ring (bicyclic) bond motifs is 1. The molecule has 0 bridgehead atoms. The Hall–Kier alpha value is -1.62. The van der Waals surface area contributed by atoms with Crippen LogP contribution in [0, 0.1) is 23.7 Å². The summed E-state index contributed by atoms with van der Waals surface area (Å²) in [6.07, 6.45) is 12.3. The topological polar surface area (TPSA) is 86.6 Å². The number of allylic oxidation sites excluding steroid dienone is 4. The van der Waals surface area contributed by atoms with Crippen LogP contribution < -0.4 is 5.32 Å². The number of carboxylic acid groups (broad SMARTS) is 1. The van der Waals surface area contributed by atoms with Gasteiger partial charge in [-0.25, -0.2) is 0 Å². The number of nitrogens with one attached hydrogen (secondary N) is 1. The van der Waals surface area contributed by atoms with Gasteiger partial charge in [0, 0.05) is 6.42 Å². The molecule has 2 aliphatic carbocycles. The number of carboxylic acids is 1. The van der Waals surface area contributed by atoms with E-state index in [1.165, 1.54) is 25.3 Å².